The third-order valence-electron chi connectivity index (χ3n) is 2.34. The zero-order valence-corrected chi connectivity index (χ0v) is 10.8. The van der Waals surface area contributed by atoms with Crippen molar-refractivity contribution in [2.75, 3.05) is 6.61 Å². The van der Waals surface area contributed by atoms with E-state index in [4.69, 9.17) is 9.47 Å². The van der Waals surface area contributed by atoms with Gasteiger partial charge < -0.3 is 9.47 Å². The molecule has 0 saturated carbocycles. The first-order chi connectivity index (χ1) is 7.85. The lowest BCUT2D eigenvalue weighted by atomic mass is 10.2. The van der Waals surface area contributed by atoms with Gasteiger partial charge in [0.2, 0.25) is 0 Å². The Kier molecular flexibility index (Phi) is 4.54. The Bertz CT molecular complexity index is 295. The zero-order valence-electron chi connectivity index (χ0n) is 10.8. The molecule has 1 amide bonds. The third-order valence-corrected chi connectivity index (χ3v) is 2.34. The van der Waals surface area contributed by atoms with Crippen LogP contribution >= 0.6 is 0 Å². The highest BCUT2D eigenvalue weighted by Gasteiger charge is 2.34. The van der Waals surface area contributed by atoms with Crippen LogP contribution in [-0.2, 0) is 9.47 Å². The maximum atomic E-state index is 11.7. The minimum absolute atomic E-state index is 0.266. The van der Waals surface area contributed by atoms with Crippen molar-refractivity contribution in [2.45, 2.75) is 51.9 Å². The molecule has 0 aromatic carbocycles. The van der Waals surface area contributed by atoms with E-state index in [-0.39, 0.29) is 6.10 Å². The number of hydroxylamine groups is 2. The maximum Gasteiger partial charge on any atom is 0.434 e. The molecule has 1 N–H and O–H groups in total. The molecule has 5 heteroatoms. The summed E-state index contributed by atoms with van der Waals surface area (Å²) < 4.78 is 10.5. The van der Waals surface area contributed by atoms with Crippen LogP contribution in [0.15, 0.2) is 12.2 Å². The Morgan fingerprint density at radius 3 is 2.71 bits per heavy atom. The van der Waals surface area contributed by atoms with Crippen molar-refractivity contribution in [3.05, 3.63) is 12.2 Å². The van der Waals surface area contributed by atoms with Crippen molar-refractivity contribution in [3.63, 3.8) is 0 Å². The lowest BCUT2D eigenvalue weighted by molar-refractivity contribution is -0.140. The molecule has 98 valence electrons. The molecule has 1 rings (SSSR count). The molecule has 0 unspecified atom stereocenters. The number of amides is 1. The lowest BCUT2D eigenvalue weighted by Crippen LogP contribution is -2.45. The Balaban J connectivity index is 2.57. The number of rotatable bonds is 3. The van der Waals surface area contributed by atoms with Gasteiger partial charge in [-0.2, -0.15) is 5.06 Å². The maximum absolute atomic E-state index is 11.7. The Morgan fingerprint density at radius 1 is 1.53 bits per heavy atom. The highest BCUT2D eigenvalue weighted by molar-refractivity contribution is 5.67. The van der Waals surface area contributed by atoms with Crippen molar-refractivity contribution >= 4 is 6.09 Å². The predicted octanol–water partition coefficient (Wildman–Crippen LogP) is 2.35. The van der Waals surface area contributed by atoms with E-state index in [1.807, 2.05) is 19.1 Å². The highest BCUT2D eigenvalue weighted by atomic mass is 16.6. The second-order valence-electron chi connectivity index (χ2n) is 4.98. The summed E-state index contributed by atoms with van der Waals surface area (Å²) in [5.74, 6) is 0. The van der Waals surface area contributed by atoms with Crippen LogP contribution in [0.4, 0.5) is 4.79 Å². The molecule has 0 spiro atoms. The lowest BCUT2D eigenvalue weighted by Gasteiger charge is -2.29. The molecule has 1 aliphatic carbocycles. The summed E-state index contributed by atoms with van der Waals surface area (Å²) >= 11 is 0. The first kappa shape index (κ1) is 14.0. The first-order valence-electron chi connectivity index (χ1n) is 5.84. The van der Waals surface area contributed by atoms with Gasteiger partial charge in [0, 0.05) is 6.61 Å². The van der Waals surface area contributed by atoms with Gasteiger partial charge in [0.1, 0.15) is 5.60 Å². The monoisotopic (exact) mass is 243 g/mol. The average Bonchev–Trinajstić information content (AvgIpc) is 2.62. The van der Waals surface area contributed by atoms with E-state index >= 15 is 0 Å². The van der Waals surface area contributed by atoms with Gasteiger partial charge in [0.15, 0.2) is 0 Å². The van der Waals surface area contributed by atoms with Crippen LogP contribution in [0.3, 0.4) is 0 Å². The van der Waals surface area contributed by atoms with Crippen LogP contribution in [0.1, 0.15) is 34.1 Å². The molecule has 0 aromatic rings. The molecule has 0 radical (unpaired) electrons. The van der Waals surface area contributed by atoms with Crippen molar-refractivity contribution in [1.29, 1.82) is 0 Å². The fourth-order valence-electron chi connectivity index (χ4n) is 1.66. The number of carbonyl (C=O) groups excluding carboxylic acids is 1. The van der Waals surface area contributed by atoms with Crippen LogP contribution in [0, 0.1) is 0 Å². The SMILES string of the molecule is CCO[C@H]1C=CC[C@H]1N(O)C(=O)OC(C)(C)C. The van der Waals surface area contributed by atoms with E-state index in [1.54, 1.807) is 20.8 Å². The second-order valence-corrected chi connectivity index (χ2v) is 4.98. The Labute approximate surface area is 102 Å². The van der Waals surface area contributed by atoms with Crippen LogP contribution in [0.25, 0.3) is 0 Å². The number of nitrogens with zero attached hydrogens (tertiary/aromatic N) is 1. The van der Waals surface area contributed by atoms with E-state index < -0.39 is 17.7 Å². The highest BCUT2D eigenvalue weighted by Crippen LogP contribution is 2.21. The molecular formula is C12H21NO4. The molecule has 0 heterocycles. The van der Waals surface area contributed by atoms with Gasteiger partial charge in [-0.1, -0.05) is 12.2 Å². The third kappa shape index (κ3) is 4.02. The van der Waals surface area contributed by atoms with E-state index in [9.17, 15) is 10.0 Å². The zero-order chi connectivity index (χ0) is 13.1. The largest absolute Gasteiger partial charge is 0.442 e. The smallest absolute Gasteiger partial charge is 0.434 e. The van der Waals surface area contributed by atoms with E-state index in [0.717, 1.165) is 0 Å². The normalized spacial score (nSPS) is 23.8. The Hall–Kier alpha value is -1.07. The predicted molar refractivity (Wildman–Crippen MR) is 62.8 cm³/mol. The summed E-state index contributed by atoms with van der Waals surface area (Å²) in [7, 11) is 0. The number of hydrogen-bond acceptors (Lipinski definition) is 4. The van der Waals surface area contributed by atoms with Gasteiger partial charge in [-0.3, -0.25) is 5.21 Å². The number of hydrogen-bond donors (Lipinski definition) is 1. The summed E-state index contributed by atoms with van der Waals surface area (Å²) in [5.41, 5.74) is -0.620. The van der Waals surface area contributed by atoms with E-state index in [0.29, 0.717) is 18.1 Å². The minimum Gasteiger partial charge on any atom is -0.442 e. The second kappa shape index (κ2) is 5.51. The number of ether oxygens (including phenoxy) is 2. The molecule has 0 aliphatic heterocycles. The van der Waals surface area contributed by atoms with Crippen molar-refractivity contribution in [3.8, 4) is 0 Å². The first-order valence-corrected chi connectivity index (χ1v) is 5.84. The topological polar surface area (TPSA) is 59.0 Å². The van der Waals surface area contributed by atoms with Crippen LogP contribution in [0.5, 0.6) is 0 Å². The molecule has 1 aliphatic rings. The number of carbonyl (C=O) groups is 1. The molecule has 0 bridgehead atoms. The summed E-state index contributed by atoms with van der Waals surface area (Å²) in [4.78, 5) is 11.7. The van der Waals surface area contributed by atoms with Gasteiger partial charge in [-0.15, -0.1) is 0 Å². The summed E-state index contributed by atoms with van der Waals surface area (Å²) in [6, 6.07) is -0.398. The Morgan fingerprint density at radius 2 is 2.18 bits per heavy atom. The minimum atomic E-state index is -0.740. The molecular weight excluding hydrogens is 222 g/mol. The quantitative estimate of drug-likeness (QED) is 0.469. The van der Waals surface area contributed by atoms with Crippen molar-refractivity contribution < 1.29 is 19.5 Å². The van der Waals surface area contributed by atoms with Crippen LogP contribution in [-0.4, -0.2) is 40.7 Å². The summed E-state index contributed by atoms with van der Waals surface area (Å²) in [6.07, 6.45) is 3.30. The van der Waals surface area contributed by atoms with Crippen LogP contribution < -0.4 is 0 Å². The van der Waals surface area contributed by atoms with Gasteiger partial charge >= 0.3 is 6.09 Å². The van der Waals surface area contributed by atoms with Crippen molar-refractivity contribution in [2.24, 2.45) is 0 Å². The molecule has 5 nitrogen and oxygen atoms in total. The molecule has 2 atom stereocenters. The summed E-state index contributed by atoms with van der Waals surface area (Å²) in [6.45, 7) is 7.68. The van der Waals surface area contributed by atoms with Crippen molar-refractivity contribution in [1.82, 2.24) is 5.06 Å². The molecule has 0 aromatic heterocycles. The van der Waals surface area contributed by atoms with Gasteiger partial charge in [0.05, 0.1) is 12.1 Å². The molecule has 0 saturated heterocycles. The fourth-order valence-corrected chi connectivity index (χ4v) is 1.66. The average molecular weight is 243 g/mol. The van der Waals surface area contributed by atoms with E-state index in [1.165, 1.54) is 0 Å². The van der Waals surface area contributed by atoms with Gasteiger partial charge in [-0.05, 0) is 34.1 Å². The van der Waals surface area contributed by atoms with Gasteiger partial charge in [0.25, 0.3) is 0 Å². The standard InChI is InChI=1S/C12H21NO4/c1-5-16-10-8-6-7-9(10)13(15)11(14)17-12(2,3)4/h6,8-10,15H,5,7H2,1-4H3/t9-,10+/m1/s1. The van der Waals surface area contributed by atoms with Gasteiger partial charge in [-0.25, -0.2) is 4.79 Å². The molecule has 0 fully saturated rings. The van der Waals surface area contributed by atoms with E-state index in [2.05, 4.69) is 0 Å². The fraction of sp³-hybridized carbons (Fsp3) is 0.750. The molecule has 17 heavy (non-hydrogen) atoms. The van der Waals surface area contributed by atoms with Crippen LogP contribution in [0.2, 0.25) is 0 Å². The summed E-state index contributed by atoms with van der Waals surface area (Å²) in [5, 5.41) is 10.4.